The van der Waals surface area contributed by atoms with Crippen molar-refractivity contribution in [3.8, 4) is 0 Å². The minimum Gasteiger partial charge on any atom is -0.368 e. The lowest BCUT2D eigenvalue weighted by Gasteiger charge is -2.10. The monoisotopic (exact) mass is 285 g/mol. The van der Waals surface area contributed by atoms with Crippen molar-refractivity contribution in [2.45, 2.75) is 6.04 Å². The minimum atomic E-state index is -0.857. The molecule has 1 atom stereocenters. The number of nitrogens with one attached hydrogen (secondary N) is 2. The fourth-order valence-corrected chi connectivity index (χ4v) is 1.67. The van der Waals surface area contributed by atoms with E-state index in [1.807, 2.05) is 0 Å². The quantitative estimate of drug-likeness (QED) is 0.674. The molecule has 0 bridgehead atoms. The topological polar surface area (TPSA) is 123 Å². The number of anilines is 2. The highest BCUT2D eigenvalue weighted by atomic mass is 16.2. The van der Waals surface area contributed by atoms with E-state index in [9.17, 15) is 9.59 Å². The fourth-order valence-electron chi connectivity index (χ4n) is 1.67. The number of carbonyl (C=O) groups excluding carboxylic acids is 2. The molecule has 1 heterocycles. The maximum atomic E-state index is 11.8. The summed E-state index contributed by atoms with van der Waals surface area (Å²) in [6, 6.07) is 8.67. The van der Waals surface area contributed by atoms with Crippen LogP contribution in [-0.4, -0.2) is 16.9 Å². The van der Waals surface area contributed by atoms with Gasteiger partial charge >= 0.3 is 6.03 Å². The standard InChI is InChI=1S/C14H15N5O2/c15-12(13(16)20)9-1-3-10(4-2-9)18-14(21)19-11-5-7-17-8-6-11/h1-8,12H,15H2,(H2,16,20)(H2,17,18,19,21). The highest BCUT2D eigenvalue weighted by Gasteiger charge is 2.11. The summed E-state index contributed by atoms with van der Waals surface area (Å²) in [5.41, 5.74) is 12.5. The maximum Gasteiger partial charge on any atom is 0.323 e. The van der Waals surface area contributed by atoms with Crippen LogP contribution in [0.3, 0.4) is 0 Å². The summed E-state index contributed by atoms with van der Waals surface area (Å²) < 4.78 is 0. The average Bonchev–Trinajstić information content (AvgIpc) is 2.48. The number of hydrogen-bond acceptors (Lipinski definition) is 4. The Labute approximate surface area is 121 Å². The molecule has 0 radical (unpaired) electrons. The van der Waals surface area contributed by atoms with Gasteiger partial charge in [0.1, 0.15) is 6.04 Å². The van der Waals surface area contributed by atoms with Gasteiger partial charge in [-0.1, -0.05) is 12.1 Å². The van der Waals surface area contributed by atoms with Crippen LogP contribution in [0.2, 0.25) is 0 Å². The van der Waals surface area contributed by atoms with Crippen LogP contribution in [0.25, 0.3) is 0 Å². The van der Waals surface area contributed by atoms with Crippen molar-refractivity contribution in [2.75, 3.05) is 10.6 Å². The number of carbonyl (C=O) groups is 2. The Hall–Kier alpha value is -2.93. The van der Waals surface area contributed by atoms with Crippen molar-refractivity contribution in [2.24, 2.45) is 11.5 Å². The summed E-state index contributed by atoms with van der Waals surface area (Å²) in [4.78, 5) is 26.6. The lowest BCUT2D eigenvalue weighted by molar-refractivity contribution is -0.119. The molecule has 7 nitrogen and oxygen atoms in total. The van der Waals surface area contributed by atoms with Crippen LogP contribution in [0.15, 0.2) is 48.8 Å². The molecule has 0 aliphatic rings. The number of pyridine rings is 1. The number of hydrogen-bond donors (Lipinski definition) is 4. The molecule has 7 heteroatoms. The lowest BCUT2D eigenvalue weighted by Crippen LogP contribution is -2.28. The third kappa shape index (κ3) is 4.02. The van der Waals surface area contributed by atoms with Crippen LogP contribution in [0, 0.1) is 0 Å². The fraction of sp³-hybridized carbons (Fsp3) is 0.0714. The third-order valence-corrected chi connectivity index (χ3v) is 2.77. The highest BCUT2D eigenvalue weighted by molar-refractivity contribution is 5.99. The molecule has 0 aliphatic heterocycles. The Balaban J connectivity index is 1.97. The summed E-state index contributed by atoms with van der Waals surface area (Å²) in [6.07, 6.45) is 3.16. The van der Waals surface area contributed by atoms with Crippen molar-refractivity contribution < 1.29 is 9.59 Å². The normalized spacial score (nSPS) is 11.5. The van der Waals surface area contributed by atoms with E-state index in [2.05, 4.69) is 15.6 Å². The molecule has 21 heavy (non-hydrogen) atoms. The summed E-state index contributed by atoms with van der Waals surface area (Å²) in [5, 5.41) is 5.32. The highest BCUT2D eigenvalue weighted by Crippen LogP contribution is 2.15. The zero-order valence-electron chi connectivity index (χ0n) is 11.1. The Morgan fingerprint density at radius 3 is 2.00 bits per heavy atom. The molecule has 2 rings (SSSR count). The zero-order chi connectivity index (χ0) is 15.2. The van der Waals surface area contributed by atoms with Crippen LogP contribution < -0.4 is 22.1 Å². The van der Waals surface area contributed by atoms with Crippen LogP contribution in [0.5, 0.6) is 0 Å². The molecule has 0 saturated heterocycles. The molecule has 1 aromatic heterocycles. The Bertz CT molecular complexity index is 628. The smallest absolute Gasteiger partial charge is 0.323 e. The van der Waals surface area contributed by atoms with Gasteiger partial charge in [0.25, 0.3) is 0 Å². The molecule has 0 aliphatic carbocycles. The van der Waals surface area contributed by atoms with Crippen molar-refractivity contribution in [1.29, 1.82) is 0 Å². The van der Waals surface area contributed by atoms with E-state index < -0.39 is 11.9 Å². The van der Waals surface area contributed by atoms with E-state index in [0.29, 0.717) is 16.9 Å². The number of nitrogens with two attached hydrogens (primary N) is 2. The molecule has 2 aromatic rings. The van der Waals surface area contributed by atoms with Crippen LogP contribution in [-0.2, 0) is 4.79 Å². The van der Waals surface area contributed by atoms with Gasteiger partial charge < -0.3 is 22.1 Å². The number of benzene rings is 1. The van der Waals surface area contributed by atoms with E-state index in [-0.39, 0.29) is 6.03 Å². The van der Waals surface area contributed by atoms with E-state index in [4.69, 9.17) is 11.5 Å². The second-order valence-electron chi connectivity index (χ2n) is 4.32. The average molecular weight is 285 g/mol. The molecule has 0 spiro atoms. The molecule has 6 N–H and O–H groups in total. The van der Waals surface area contributed by atoms with Crippen LogP contribution in [0.1, 0.15) is 11.6 Å². The van der Waals surface area contributed by atoms with E-state index in [0.717, 1.165) is 0 Å². The van der Waals surface area contributed by atoms with Gasteiger partial charge in [-0.05, 0) is 29.8 Å². The number of rotatable bonds is 4. The third-order valence-electron chi connectivity index (χ3n) is 2.77. The van der Waals surface area contributed by atoms with Crippen molar-refractivity contribution in [1.82, 2.24) is 4.98 Å². The number of primary amides is 1. The van der Waals surface area contributed by atoms with E-state index >= 15 is 0 Å². The second-order valence-corrected chi connectivity index (χ2v) is 4.32. The summed E-state index contributed by atoms with van der Waals surface area (Å²) in [7, 11) is 0. The molecule has 108 valence electrons. The molecule has 1 unspecified atom stereocenters. The predicted octanol–water partition coefficient (Wildman–Crippen LogP) is 1.21. The van der Waals surface area contributed by atoms with Gasteiger partial charge in [0.15, 0.2) is 0 Å². The summed E-state index contributed by atoms with van der Waals surface area (Å²) >= 11 is 0. The van der Waals surface area contributed by atoms with Crippen LogP contribution in [0.4, 0.5) is 16.2 Å². The van der Waals surface area contributed by atoms with Gasteiger partial charge in [-0.2, -0.15) is 0 Å². The van der Waals surface area contributed by atoms with Gasteiger partial charge in [0, 0.05) is 23.8 Å². The number of nitrogens with zero attached hydrogens (tertiary/aromatic N) is 1. The SMILES string of the molecule is NC(=O)C(N)c1ccc(NC(=O)Nc2ccncc2)cc1. The molecular weight excluding hydrogens is 270 g/mol. The first-order valence-electron chi connectivity index (χ1n) is 6.19. The van der Waals surface area contributed by atoms with Gasteiger partial charge in [-0.25, -0.2) is 4.79 Å². The molecule has 0 saturated carbocycles. The van der Waals surface area contributed by atoms with Gasteiger partial charge in [0.05, 0.1) is 0 Å². The maximum absolute atomic E-state index is 11.8. The van der Waals surface area contributed by atoms with E-state index in [1.165, 1.54) is 0 Å². The summed E-state index contributed by atoms with van der Waals surface area (Å²) in [5.74, 6) is -0.605. The molecule has 0 fully saturated rings. The first kappa shape index (κ1) is 14.5. The Morgan fingerprint density at radius 1 is 0.952 bits per heavy atom. The van der Waals surface area contributed by atoms with Crippen molar-refractivity contribution in [3.63, 3.8) is 0 Å². The summed E-state index contributed by atoms with van der Waals surface area (Å²) in [6.45, 7) is 0. The zero-order valence-corrected chi connectivity index (χ0v) is 11.1. The predicted molar refractivity (Wildman–Crippen MR) is 79.4 cm³/mol. The van der Waals surface area contributed by atoms with Gasteiger partial charge in [-0.3, -0.25) is 9.78 Å². The van der Waals surface area contributed by atoms with Gasteiger partial charge in [0.2, 0.25) is 5.91 Å². The largest absolute Gasteiger partial charge is 0.368 e. The number of aromatic nitrogens is 1. The molecular formula is C14H15N5O2. The molecule has 1 aromatic carbocycles. The minimum absolute atomic E-state index is 0.381. The lowest BCUT2D eigenvalue weighted by atomic mass is 10.1. The first-order valence-corrected chi connectivity index (χ1v) is 6.19. The van der Waals surface area contributed by atoms with E-state index in [1.54, 1.807) is 48.8 Å². The Kier molecular flexibility index (Phi) is 4.47. The van der Waals surface area contributed by atoms with Crippen LogP contribution >= 0.6 is 0 Å². The van der Waals surface area contributed by atoms with Gasteiger partial charge in [-0.15, -0.1) is 0 Å². The number of urea groups is 1. The number of amides is 3. The second kappa shape index (κ2) is 6.49. The van der Waals surface area contributed by atoms with Crippen molar-refractivity contribution in [3.05, 3.63) is 54.4 Å². The Morgan fingerprint density at radius 2 is 1.48 bits per heavy atom. The molecule has 3 amide bonds. The van der Waals surface area contributed by atoms with Crippen molar-refractivity contribution >= 4 is 23.3 Å². The first-order chi connectivity index (χ1) is 10.1.